The van der Waals surface area contributed by atoms with E-state index < -0.39 is 22.2 Å². The molecular weight excluding hydrogens is 522 g/mol. The van der Waals surface area contributed by atoms with Crippen LogP contribution in [0.4, 0.5) is 0 Å². The fourth-order valence-corrected chi connectivity index (χ4v) is 7.77. The minimum absolute atomic E-state index is 0.812. The summed E-state index contributed by atoms with van der Waals surface area (Å²) in [6, 6.07) is 43.8. The van der Waals surface area contributed by atoms with Gasteiger partial charge in [0.2, 0.25) is 0 Å². The van der Waals surface area contributed by atoms with Gasteiger partial charge in [-0.05, 0) is 48.5 Å². The minimum atomic E-state index is -1.91. The molecule has 8 radical (unpaired) electrons. The monoisotopic (exact) mass is 543 g/mol. The first-order chi connectivity index (χ1) is 17.8. The van der Waals surface area contributed by atoms with Crippen molar-refractivity contribution >= 4 is 55.6 Å². The Morgan fingerprint density at radius 2 is 0.556 bits per heavy atom. The molecule has 0 atom stereocenters. The standard InChI is InChI=1S/C24H20P.4CO.Co.H2O.O/c1-5-13-21(14-6-1)25(22-15-7-2-8-16-22,23-17-9-3-10-18-23)24-19-11-4-12-20-24;4*1-2;;;/h1-20H;;;;;;1H2;/q+1;;;;;;;/p-1. The van der Waals surface area contributed by atoms with Crippen molar-refractivity contribution in [2.45, 2.75) is 0 Å². The zero-order chi connectivity index (χ0) is 27.7. The van der Waals surface area contributed by atoms with E-state index in [1.165, 1.54) is 21.2 Å². The summed E-state index contributed by atoms with van der Waals surface area (Å²) in [5.74, 6) is 0. The summed E-state index contributed by atoms with van der Waals surface area (Å²) in [4.78, 5) is 30.0. The molecule has 4 aromatic rings. The third-order valence-corrected chi connectivity index (χ3v) is 8.86. The zero-order valence-electron chi connectivity index (χ0n) is 18.8. The van der Waals surface area contributed by atoms with E-state index in [0.29, 0.717) is 0 Å². The van der Waals surface area contributed by atoms with Crippen molar-refractivity contribution in [3.8, 4) is 0 Å². The predicted molar refractivity (Wildman–Crippen MR) is 137 cm³/mol. The average molecular weight is 543 g/mol. The summed E-state index contributed by atoms with van der Waals surface area (Å²) in [5, 5.41) is 5.55. The van der Waals surface area contributed by atoms with Crippen molar-refractivity contribution in [2.75, 3.05) is 0 Å². The van der Waals surface area contributed by atoms with Crippen LogP contribution in [0.3, 0.4) is 0 Å². The van der Waals surface area contributed by atoms with Gasteiger partial charge < -0.3 is 0 Å². The number of benzene rings is 4. The predicted octanol–water partition coefficient (Wildman–Crippen LogP) is 2.04. The molecule has 36 heavy (non-hydrogen) atoms. The maximum Gasteiger partial charge on any atom is 0.144 e. The summed E-state index contributed by atoms with van der Waals surface area (Å²) in [7, 11) is -1.91. The summed E-state index contributed by atoms with van der Waals surface area (Å²) in [6.07, 6.45) is 0. The fraction of sp³-hybridized carbons (Fsp3) is 0. The summed E-state index contributed by atoms with van der Waals surface area (Å²) < 4.78 is 15.4. The van der Waals surface area contributed by atoms with Crippen LogP contribution in [0.1, 0.15) is 0 Å². The van der Waals surface area contributed by atoms with E-state index in [1.54, 1.807) is 0 Å². The Labute approximate surface area is 218 Å². The molecule has 0 aliphatic rings. The first-order valence-corrected chi connectivity index (χ1v) is 12.3. The van der Waals surface area contributed by atoms with Crippen LogP contribution in [0.25, 0.3) is 0 Å². The van der Waals surface area contributed by atoms with Gasteiger partial charge in [-0.1, -0.05) is 72.8 Å². The topological polar surface area (TPSA) is 106 Å². The normalized spacial score (nSPS) is 8.81. The van der Waals surface area contributed by atoms with Gasteiger partial charge >= 0.3 is 23.0 Å². The Kier molecular flexibility index (Phi) is 22.0. The van der Waals surface area contributed by atoms with Gasteiger partial charge in [0, 0.05) is 0 Å². The molecule has 0 fully saturated rings. The molecule has 0 aromatic heterocycles. The van der Waals surface area contributed by atoms with Crippen molar-refractivity contribution in [1.29, 1.82) is 0 Å². The number of hydrogen-bond donors (Lipinski definition) is 1. The van der Waals surface area contributed by atoms with Crippen LogP contribution in [-0.2, 0) is 38.0 Å². The molecule has 0 saturated heterocycles. The molecule has 0 spiro atoms. The van der Waals surface area contributed by atoms with Gasteiger partial charge in [0.05, 0.1) is 0 Å². The van der Waals surface area contributed by atoms with Gasteiger partial charge in [0.25, 0.3) is 27.2 Å². The summed E-state index contributed by atoms with van der Waals surface area (Å²) >= 11 is -0.812. The Morgan fingerprint density at radius 1 is 0.417 bits per heavy atom. The van der Waals surface area contributed by atoms with E-state index in [-0.39, 0.29) is 0 Å². The van der Waals surface area contributed by atoms with E-state index in [9.17, 15) is 0 Å². The molecule has 6 nitrogen and oxygen atoms in total. The van der Waals surface area contributed by atoms with Gasteiger partial charge in [-0.15, -0.1) is 0 Å². The van der Waals surface area contributed by atoms with Crippen molar-refractivity contribution < 1.29 is 42.2 Å². The minimum Gasteiger partial charge on any atom is -0.0620 e. The molecular formula is C28H21CoO6P. The second-order valence-electron chi connectivity index (χ2n) is 6.07. The average Bonchev–Trinajstić information content (AvgIpc) is 3.00. The number of carbonyl (C=O) groups excluding carboxylic acids is 4. The summed E-state index contributed by atoms with van der Waals surface area (Å²) in [5.41, 5.74) is 0. The number of hydrogen-bond acceptors (Lipinski definition) is 5. The van der Waals surface area contributed by atoms with Gasteiger partial charge in [0.1, 0.15) is 28.5 Å². The van der Waals surface area contributed by atoms with E-state index in [0.717, 1.165) is 0 Å². The molecule has 0 bridgehead atoms. The first-order valence-electron chi connectivity index (χ1n) is 9.64. The SMILES string of the molecule is [C]=O.[C]=O.[C]=O.[C]=O.[O]=[Co-][OH].c1ccc([P+](c2ccccc2)(c2ccccc2)c2ccccc2)cc1. The second-order valence-corrected chi connectivity index (χ2v) is 9.67. The third kappa shape index (κ3) is 9.48. The smallest absolute Gasteiger partial charge is 0.0620 e. The zero-order valence-corrected chi connectivity index (χ0v) is 20.8. The molecule has 0 heterocycles. The molecule has 8 heteroatoms. The Hall–Kier alpha value is -3.74. The Balaban J connectivity index is 0. The maximum atomic E-state index is 8.45. The van der Waals surface area contributed by atoms with Gasteiger partial charge in [-0.25, -0.2) is 0 Å². The van der Waals surface area contributed by atoms with E-state index in [1.807, 2.05) is 0 Å². The van der Waals surface area contributed by atoms with Crippen LogP contribution in [-0.4, -0.2) is 31.4 Å². The Bertz CT molecular complexity index is 883. The van der Waals surface area contributed by atoms with Crippen LogP contribution >= 0.6 is 7.26 Å². The molecule has 183 valence electrons. The van der Waals surface area contributed by atoms with E-state index >= 15 is 0 Å². The first kappa shape index (κ1) is 34.4. The summed E-state index contributed by atoms with van der Waals surface area (Å²) in [6.45, 7) is 18.0. The largest absolute Gasteiger partial charge is 0.144 e. The molecule has 4 aromatic carbocycles. The van der Waals surface area contributed by atoms with Gasteiger partial charge in [-0.3, -0.25) is 19.2 Å². The van der Waals surface area contributed by atoms with Gasteiger partial charge in [0.15, 0.2) is 0 Å². The van der Waals surface area contributed by atoms with Crippen LogP contribution in [0.2, 0.25) is 0 Å². The molecule has 1 N–H and O–H groups in total. The van der Waals surface area contributed by atoms with Crippen molar-refractivity contribution in [2.24, 2.45) is 0 Å². The maximum absolute atomic E-state index is 8.45. The Morgan fingerprint density at radius 3 is 0.694 bits per heavy atom. The molecule has 0 saturated carbocycles. The van der Waals surface area contributed by atoms with Crippen LogP contribution in [0.5, 0.6) is 0 Å². The third-order valence-electron chi connectivity index (χ3n) is 4.57. The van der Waals surface area contributed by atoms with E-state index in [2.05, 4.69) is 148 Å². The number of rotatable bonds is 4. The molecule has 0 unspecified atom stereocenters. The van der Waals surface area contributed by atoms with Crippen LogP contribution < -0.4 is 21.2 Å². The van der Waals surface area contributed by atoms with E-state index in [4.69, 9.17) is 27.3 Å². The quantitative estimate of drug-likeness (QED) is 0.395. The fourth-order valence-electron chi connectivity index (χ4n) is 3.50. The van der Waals surface area contributed by atoms with Crippen LogP contribution in [0.15, 0.2) is 121 Å². The van der Waals surface area contributed by atoms with Crippen LogP contribution in [0, 0.1) is 0 Å². The van der Waals surface area contributed by atoms with Crippen molar-refractivity contribution in [3.05, 3.63) is 121 Å². The molecule has 4 rings (SSSR count). The van der Waals surface area contributed by atoms with Gasteiger partial charge in [-0.2, -0.15) is 0 Å². The molecule has 0 aliphatic carbocycles. The van der Waals surface area contributed by atoms with Crippen molar-refractivity contribution in [3.63, 3.8) is 0 Å². The molecule has 0 aliphatic heterocycles. The van der Waals surface area contributed by atoms with Crippen molar-refractivity contribution in [1.82, 2.24) is 0 Å². The molecule has 0 amide bonds. The second kappa shape index (κ2) is 23.0.